The molecule has 0 unspecified atom stereocenters. The third kappa shape index (κ3) is 4.23. The molecule has 0 amide bonds. The summed E-state index contributed by atoms with van der Waals surface area (Å²) in [5.74, 6) is 0. The van der Waals surface area contributed by atoms with E-state index in [4.69, 9.17) is 0 Å². The minimum Gasteiger partial charge on any atom is -0.297 e. The molecule has 1 N–H and O–H groups in total. The predicted molar refractivity (Wildman–Crippen MR) is 74.0 cm³/mol. The highest BCUT2D eigenvalue weighted by Crippen LogP contribution is 2.20. The van der Waals surface area contributed by atoms with Crippen LogP contribution in [0.15, 0.2) is 29.4 Å². The zero-order chi connectivity index (χ0) is 14.6. The van der Waals surface area contributed by atoms with E-state index in [0.717, 1.165) is 18.4 Å². The minimum absolute atomic E-state index is 0.150. The second-order valence-electron chi connectivity index (χ2n) is 5.02. The molecule has 1 fully saturated rings. The number of benzene rings is 1. The number of likely N-dealkylation sites (tertiary alicyclic amines) is 1. The molecule has 1 saturated heterocycles. The van der Waals surface area contributed by atoms with Gasteiger partial charge in [-0.15, -0.1) is 0 Å². The molecule has 0 radical (unpaired) electrons. The quantitative estimate of drug-likeness (QED) is 0.678. The number of nitrogens with one attached hydrogen (secondary N) is 1. The Morgan fingerprint density at radius 1 is 1.20 bits per heavy atom. The molecule has 0 aromatic heterocycles. The van der Waals surface area contributed by atoms with Crippen molar-refractivity contribution < 1.29 is 13.2 Å². The number of hydrogen-bond acceptors (Lipinski definition) is 3. The van der Waals surface area contributed by atoms with Gasteiger partial charge in [-0.2, -0.15) is 18.3 Å². The van der Waals surface area contributed by atoms with E-state index in [2.05, 4.69) is 10.5 Å². The van der Waals surface area contributed by atoms with Crippen LogP contribution < -0.4 is 5.43 Å². The number of halogens is 3. The minimum atomic E-state index is -4.40. The molecule has 6 heteroatoms. The normalized spacial score (nSPS) is 17.5. The molecule has 1 aromatic rings. The van der Waals surface area contributed by atoms with E-state index >= 15 is 0 Å². The van der Waals surface area contributed by atoms with Crippen molar-refractivity contribution in [3.8, 4) is 0 Å². The van der Waals surface area contributed by atoms with Crippen molar-refractivity contribution in [1.82, 2.24) is 4.90 Å². The van der Waals surface area contributed by atoms with Crippen LogP contribution in [-0.2, 0) is 0 Å². The monoisotopic (exact) mass is 285 g/mol. The molecule has 0 bridgehead atoms. The van der Waals surface area contributed by atoms with Crippen molar-refractivity contribution in [2.24, 2.45) is 5.10 Å². The number of hydrogen-bond donors (Lipinski definition) is 1. The van der Waals surface area contributed by atoms with Gasteiger partial charge in [0.05, 0.1) is 5.69 Å². The fourth-order valence-corrected chi connectivity index (χ4v) is 2.10. The van der Waals surface area contributed by atoms with Crippen molar-refractivity contribution in [1.29, 1.82) is 0 Å². The fraction of sp³-hybridized carbons (Fsp3) is 0.500. The number of hydrazone groups is 1. The number of alkyl halides is 3. The average molecular weight is 285 g/mol. The lowest BCUT2D eigenvalue weighted by Crippen LogP contribution is -2.36. The van der Waals surface area contributed by atoms with Gasteiger partial charge in [0.25, 0.3) is 0 Å². The molecule has 0 atom stereocenters. The van der Waals surface area contributed by atoms with E-state index in [1.54, 1.807) is 17.0 Å². The zero-order valence-corrected chi connectivity index (χ0v) is 11.4. The van der Waals surface area contributed by atoms with E-state index < -0.39 is 11.9 Å². The molecule has 0 saturated carbocycles. The molecule has 2 rings (SSSR count). The maximum absolute atomic E-state index is 12.9. The van der Waals surface area contributed by atoms with Crippen LogP contribution in [-0.4, -0.2) is 36.4 Å². The number of anilines is 1. The Morgan fingerprint density at radius 3 is 2.35 bits per heavy atom. The van der Waals surface area contributed by atoms with Gasteiger partial charge in [0.2, 0.25) is 0 Å². The van der Waals surface area contributed by atoms with Crippen LogP contribution in [0.25, 0.3) is 0 Å². The van der Waals surface area contributed by atoms with Crippen LogP contribution in [0.3, 0.4) is 0 Å². The third-order valence-electron chi connectivity index (χ3n) is 3.27. The first-order valence-electron chi connectivity index (χ1n) is 6.64. The van der Waals surface area contributed by atoms with E-state index in [9.17, 15) is 13.2 Å². The molecule has 110 valence electrons. The number of nitrogens with zero attached hydrogens (tertiary/aromatic N) is 2. The lowest BCUT2D eigenvalue weighted by Gasteiger charge is -2.18. The summed E-state index contributed by atoms with van der Waals surface area (Å²) >= 11 is 0. The van der Waals surface area contributed by atoms with Crippen LogP contribution in [0.1, 0.15) is 18.4 Å². The van der Waals surface area contributed by atoms with Crippen molar-refractivity contribution in [3.63, 3.8) is 0 Å². The topological polar surface area (TPSA) is 27.6 Å². The van der Waals surface area contributed by atoms with Gasteiger partial charge in [-0.05, 0) is 45.0 Å². The molecule has 20 heavy (non-hydrogen) atoms. The van der Waals surface area contributed by atoms with Crippen molar-refractivity contribution in [2.75, 3.05) is 25.1 Å². The molecular formula is C14H18F3N3. The first kappa shape index (κ1) is 14.8. The predicted octanol–water partition coefficient (Wildman–Crippen LogP) is 3.42. The second kappa shape index (κ2) is 6.26. The van der Waals surface area contributed by atoms with Crippen LogP contribution in [0.2, 0.25) is 0 Å². The zero-order valence-electron chi connectivity index (χ0n) is 11.4. The van der Waals surface area contributed by atoms with Crippen LogP contribution in [0.5, 0.6) is 0 Å². The van der Waals surface area contributed by atoms with Crippen LogP contribution >= 0.6 is 0 Å². The summed E-state index contributed by atoms with van der Waals surface area (Å²) in [4.78, 5) is 1.78. The molecule has 1 heterocycles. The second-order valence-corrected chi connectivity index (χ2v) is 5.02. The van der Waals surface area contributed by atoms with Gasteiger partial charge >= 0.3 is 6.18 Å². The third-order valence-corrected chi connectivity index (χ3v) is 3.27. The Labute approximate surface area is 116 Å². The fourth-order valence-electron chi connectivity index (χ4n) is 2.10. The maximum atomic E-state index is 12.9. The first-order chi connectivity index (χ1) is 9.45. The highest BCUT2D eigenvalue weighted by Gasteiger charge is 2.37. The highest BCUT2D eigenvalue weighted by molar-refractivity contribution is 5.92. The van der Waals surface area contributed by atoms with Gasteiger partial charge in [0.1, 0.15) is 0 Å². The number of rotatable bonds is 4. The molecule has 1 aromatic carbocycles. The Bertz CT molecular complexity index is 460. The summed E-state index contributed by atoms with van der Waals surface area (Å²) in [5.41, 5.74) is 3.32. The van der Waals surface area contributed by atoms with Crippen molar-refractivity contribution >= 4 is 11.4 Å². The Hall–Kier alpha value is -1.56. The van der Waals surface area contributed by atoms with E-state index in [0.29, 0.717) is 18.8 Å². The summed E-state index contributed by atoms with van der Waals surface area (Å²) in [6.45, 7) is 3.18. The highest BCUT2D eigenvalue weighted by atomic mass is 19.4. The standard InChI is InChI=1S/C14H18F3N3/c1-11-4-6-12(7-5-11)18-19-13(14(15,16)17)10-20-8-2-3-9-20/h4-7,18H,2-3,8-10H2,1H3/b19-13+. The van der Waals surface area contributed by atoms with Crippen LogP contribution in [0, 0.1) is 6.92 Å². The van der Waals surface area contributed by atoms with Crippen molar-refractivity contribution in [2.45, 2.75) is 25.9 Å². The van der Waals surface area contributed by atoms with Gasteiger partial charge in [-0.3, -0.25) is 10.3 Å². The van der Waals surface area contributed by atoms with Crippen LogP contribution in [0.4, 0.5) is 18.9 Å². The van der Waals surface area contributed by atoms with Gasteiger partial charge < -0.3 is 0 Å². The Balaban J connectivity index is 2.05. The summed E-state index contributed by atoms with van der Waals surface area (Å²) in [7, 11) is 0. The van der Waals surface area contributed by atoms with Gasteiger partial charge in [0.15, 0.2) is 5.71 Å². The van der Waals surface area contributed by atoms with E-state index in [-0.39, 0.29) is 6.54 Å². The molecule has 1 aliphatic heterocycles. The maximum Gasteiger partial charge on any atom is 0.432 e. The largest absolute Gasteiger partial charge is 0.432 e. The first-order valence-corrected chi connectivity index (χ1v) is 6.64. The molecule has 3 nitrogen and oxygen atoms in total. The Kier molecular flexibility index (Phi) is 4.65. The van der Waals surface area contributed by atoms with Gasteiger partial charge in [-0.25, -0.2) is 0 Å². The summed E-state index contributed by atoms with van der Waals surface area (Å²) in [5, 5.41) is 3.56. The average Bonchev–Trinajstić information content (AvgIpc) is 2.88. The van der Waals surface area contributed by atoms with E-state index in [1.807, 2.05) is 19.1 Å². The summed E-state index contributed by atoms with van der Waals surface area (Å²) < 4.78 is 38.8. The molecule has 0 aliphatic carbocycles. The number of aryl methyl sites for hydroxylation is 1. The SMILES string of the molecule is Cc1ccc(N/N=C(\CN2CCCC2)C(F)(F)F)cc1. The molecule has 0 spiro atoms. The van der Waals surface area contributed by atoms with E-state index in [1.165, 1.54) is 0 Å². The molecular weight excluding hydrogens is 267 g/mol. The van der Waals surface area contributed by atoms with Crippen molar-refractivity contribution in [3.05, 3.63) is 29.8 Å². The summed E-state index contributed by atoms with van der Waals surface area (Å²) in [6.07, 6.45) is -2.49. The van der Waals surface area contributed by atoms with Gasteiger partial charge in [-0.1, -0.05) is 17.7 Å². The lowest BCUT2D eigenvalue weighted by atomic mass is 10.2. The summed E-state index contributed by atoms with van der Waals surface area (Å²) in [6, 6.07) is 7.07. The van der Waals surface area contributed by atoms with Gasteiger partial charge in [0, 0.05) is 6.54 Å². The smallest absolute Gasteiger partial charge is 0.297 e. The Morgan fingerprint density at radius 2 is 1.80 bits per heavy atom. The lowest BCUT2D eigenvalue weighted by molar-refractivity contribution is -0.0613. The molecule has 1 aliphatic rings.